The lowest BCUT2D eigenvalue weighted by Crippen LogP contribution is -2.53. The lowest BCUT2D eigenvalue weighted by Gasteiger charge is -2.58. The quantitative estimate of drug-likeness (QED) is 0.654. The molecule has 0 spiro atoms. The minimum Gasteiger partial charge on any atom is -0.469 e. The molecule has 2 nitrogen and oxygen atoms in total. The van der Waals surface area contributed by atoms with E-state index in [-0.39, 0.29) is 16.8 Å². The van der Waals surface area contributed by atoms with Crippen molar-refractivity contribution in [3.8, 4) is 0 Å². The molecule has 2 fully saturated rings. The van der Waals surface area contributed by atoms with Gasteiger partial charge in [-0.1, -0.05) is 43.2 Å². The third-order valence-corrected chi connectivity index (χ3v) is 7.00. The van der Waals surface area contributed by atoms with Gasteiger partial charge < -0.3 is 4.74 Å². The highest BCUT2D eigenvalue weighted by Gasteiger charge is 2.58. The van der Waals surface area contributed by atoms with E-state index in [2.05, 4.69) is 39.5 Å². The molecule has 0 aliphatic heterocycles. The number of carbonyl (C=O) groups excluding carboxylic acids is 1. The van der Waals surface area contributed by atoms with Gasteiger partial charge >= 0.3 is 5.97 Å². The van der Waals surface area contributed by atoms with E-state index in [0.29, 0.717) is 11.8 Å². The Morgan fingerprint density at radius 1 is 1.35 bits per heavy atom. The van der Waals surface area contributed by atoms with Crippen molar-refractivity contribution >= 4 is 5.97 Å². The van der Waals surface area contributed by atoms with Crippen LogP contribution >= 0.6 is 0 Å². The number of methoxy groups -OCH3 is 1. The van der Waals surface area contributed by atoms with Crippen LogP contribution in [0.4, 0.5) is 0 Å². The molecular weight excluding hydrogens is 284 g/mol. The van der Waals surface area contributed by atoms with E-state index >= 15 is 0 Å². The minimum absolute atomic E-state index is 0.00479. The van der Waals surface area contributed by atoms with Crippen molar-refractivity contribution in [2.75, 3.05) is 7.11 Å². The molecular formula is C21H30O2. The molecule has 0 aromatic carbocycles. The summed E-state index contributed by atoms with van der Waals surface area (Å²) >= 11 is 0. The topological polar surface area (TPSA) is 26.3 Å². The molecule has 3 aliphatic rings. The van der Waals surface area contributed by atoms with Crippen molar-refractivity contribution in [3.05, 3.63) is 35.5 Å². The molecule has 3 aliphatic carbocycles. The maximum absolute atomic E-state index is 12.5. The molecule has 23 heavy (non-hydrogen) atoms. The van der Waals surface area contributed by atoms with Crippen molar-refractivity contribution in [1.29, 1.82) is 0 Å². The van der Waals surface area contributed by atoms with E-state index in [0.717, 1.165) is 37.7 Å². The molecule has 2 saturated carbocycles. The van der Waals surface area contributed by atoms with Gasteiger partial charge in [0.15, 0.2) is 0 Å². The first-order valence-electron chi connectivity index (χ1n) is 8.98. The Kier molecular flexibility index (Phi) is 4.06. The average molecular weight is 314 g/mol. The Bertz CT molecular complexity index is 597. The number of carbonyl (C=O) groups is 1. The smallest absolute Gasteiger partial charge is 0.311 e. The molecule has 3 rings (SSSR count). The third-order valence-electron chi connectivity index (χ3n) is 7.00. The number of hydrogen-bond acceptors (Lipinski definition) is 2. The molecule has 0 unspecified atom stereocenters. The maximum Gasteiger partial charge on any atom is 0.311 e. The van der Waals surface area contributed by atoms with Gasteiger partial charge in [-0.15, -0.1) is 0 Å². The fourth-order valence-corrected chi connectivity index (χ4v) is 5.76. The van der Waals surface area contributed by atoms with E-state index in [1.54, 1.807) is 5.57 Å². The summed E-state index contributed by atoms with van der Waals surface area (Å²) in [5.74, 6) is 1.00. The number of fused-ring (bicyclic) bond motifs is 3. The van der Waals surface area contributed by atoms with Crippen LogP contribution in [0.1, 0.15) is 59.3 Å². The van der Waals surface area contributed by atoms with Gasteiger partial charge in [0.25, 0.3) is 0 Å². The predicted octanol–water partition coefficient (Wildman–Crippen LogP) is 5.21. The average Bonchev–Trinajstić information content (AvgIpc) is 2.53. The second-order valence-electron chi connectivity index (χ2n) is 8.31. The van der Waals surface area contributed by atoms with Gasteiger partial charge in [0.2, 0.25) is 0 Å². The SMILES string of the molecule is C=C(C)C1=CC[C@H]2C(=C1)CC[C@@H]1[C@]2(C)CCC[C@@]1(C)C(=O)OC. The summed E-state index contributed by atoms with van der Waals surface area (Å²) in [4.78, 5) is 12.5. The van der Waals surface area contributed by atoms with Gasteiger partial charge in [-0.3, -0.25) is 4.79 Å². The zero-order chi connectivity index (χ0) is 16.8. The van der Waals surface area contributed by atoms with Crippen molar-refractivity contribution in [3.63, 3.8) is 0 Å². The van der Waals surface area contributed by atoms with Crippen molar-refractivity contribution in [2.24, 2.45) is 22.7 Å². The summed E-state index contributed by atoms with van der Waals surface area (Å²) in [5, 5.41) is 0. The molecule has 0 N–H and O–H groups in total. The highest BCUT2D eigenvalue weighted by molar-refractivity contribution is 5.77. The van der Waals surface area contributed by atoms with Crippen LogP contribution in [-0.4, -0.2) is 13.1 Å². The van der Waals surface area contributed by atoms with Gasteiger partial charge in [-0.2, -0.15) is 0 Å². The maximum atomic E-state index is 12.5. The number of hydrogen-bond donors (Lipinski definition) is 0. The molecule has 0 amide bonds. The van der Waals surface area contributed by atoms with Gasteiger partial charge in [-0.05, 0) is 68.8 Å². The second-order valence-corrected chi connectivity index (χ2v) is 8.31. The Hall–Kier alpha value is -1.31. The summed E-state index contributed by atoms with van der Waals surface area (Å²) in [5.41, 5.74) is 3.95. The van der Waals surface area contributed by atoms with E-state index in [1.807, 2.05) is 0 Å². The summed E-state index contributed by atoms with van der Waals surface area (Å²) < 4.78 is 5.19. The van der Waals surface area contributed by atoms with E-state index < -0.39 is 0 Å². The Morgan fingerprint density at radius 3 is 2.74 bits per heavy atom. The van der Waals surface area contributed by atoms with Crippen LogP contribution in [0.3, 0.4) is 0 Å². The van der Waals surface area contributed by atoms with E-state index in [1.165, 1.54) is 19.1 Å². The molecule has 4 atom stereocenters. The minimum atomic E-state index is -0.314. The molecule has 0 aromatic rings. The summed E-state index contributed by atoms with van der Waals surface area (Å²) in [6.45, 7) is 10.8. The molecule has 0 aromatic heterocycles. The highest BCUT2D eigenvalue weighted by Crippen LogP contribution is 2.63. The zero-order valence-electron chi connectivity index (χ0n) is 15.1. The van der Waals surface area contributed by atoms with Gasteiger partial charge in [0, 0.05) is 0 Å². The van der Waals surface area contributed by atoms with Crippen LogP contribution in [0.25, 0.3) is 0 Å². The number of esters is 1. The number of rotatable bonds is 2. The van der Waals surface area contributed by atoms with Crippen LogP contribution in [0.2, 0.25) is 0 Å². The summed E-state index contributed by atoms with van der Waals surface area (Å²) in [6, 6.07) is 0. The van der Waals surface area contributed by atoms with Crippen LogP contribution < -0.4 is 0 Å². The Morgan fingerprint density at radius 2 is 2.09 bits per heavy atom. The van der Waals surface area contributed by atoms with Crippen LogP contribution in [0, 0.1) is 22.7 Å². The first-order chi connectivity index (χ1) is 10.8. The fraction of sp³-hybridized carbons (Fsp3) is 0.667. The van der Waals surface area contributed by atoms with Gasteiger partial charge in [0.05, 0.1) is 12.5 Å². The summed E-state index contributed by atoms with van der Waals surface area (Å²) in [7, 11) is 1.54. The molecule has 0 heterocycles. The first-order valence-corrected chi connectivity index (χ1v) is 8.98. The monoisotopic (exact) mass is 314 g/mol. The standard InChI is InChI=1S/C21H30O2/c1-14(2)15-7-9-17-16(13-15)8-10-18-20(17,3)11-6-12-21(18,4)19(22)23-5/h7,13,17-18H,1,6,8-12H2,2-5H3/t17-,18+,20+,21+/m0/s1. The normalized spacial score (nSPS) is 39.5. The number of ether oxygens (including phenoxy) is 1. The molecule has 0 bridgehead atoms. The van der Waals surface area contributed by atoms with Crippen LogP contribution in [0.5, 0.6) is 0 Å². The molecule has 0 radical (unpaired) electrons. The van der Waals surface area contributed by atoms with Gasteiger partial charge in [-0.25, -0.2) is 0 Å². The predicted molar refractivity (Wildman–Crippen MR) is 93.9 cm³/mol. The Balaban J connectivity index is 1.95. The lowest BCUT2D eigenvalue weighted by atomic mass is 9.46. The number of allylic oxidation sites excluding steroid dienone is 5. The molecule has 2 heteroatoms. The first kappa shape index (κ1) is 16.5. The molecule has 0 saturated heterocycles. The van der Waals surface area contributed by atoms with Gasteiger partial charge in [0.1, 0.15) is 0 Å². The largest absolute Gasteiger partial charge is 0.469 e. The third kappa shape index (κ3) is 2.42. The summed E-state index contributed by atoms with van der Waals surface area (Å²) in [6.07, 6.45) is 11.4. The highest BCUT2D eigenvalue weighted by atomic mass is 16.5. The van der Waals surface area contributed by atoms with Crippen molar-refractivity contribution in [1.82, 2.24) is 0 Å². The van der Waals surface area contributed by atoms with Crippen molar-refractivity contribution in [2.45, 2.75) is 59.3 Å². The van der Waals surface area contributed by atoms with Crippen LogP contribution in [0.15, 0.2) is 35.5 Å². The molecule has 126 valence electrons. The zero-order valence-corrected chi connectivity index (χ0v) is 15.1. The Labute approximate surface area is 140 Å². The second kappa shape index (κ2) is 5.65. The van der Waals surface area contributed by atoms with Crippen molar-refractivity contribution < 1.29 is 9.53 Å². The van der Waals surface area contributed by atoms with E-state index in [4.69, 9.17) is 4.74 Å². The lowest BCUT2D eigenvalue weighted by molar-refractivity contribution is -0.167. The fourth-order valence-electron chi connectivity index (χ4n) is 5.76. The van der Waals surface area contributed by atoms with E-state index in [9.17, 15) is 4.79 Å². The van der Waals surface area contributed by atoms with Crippen LogP contribution in [-0.2, 0) is 9.53 Å².